The highest BCUT2D eigenvalue weighted by atomic mass is 16.3. The van der Waals surface area contributed by atoms with Gasteiger partial charge in [-0.3, -0.25) is 0 Å². The van der Waals surface area contributed by atoms with Gasteiger partial charge in [0.05, 0.1) is 5.60 Å². The highest BCUT2D eigenvalue weighted by molar-refractivity contribution is 5.03. The Morgan fingerprint density at radius 2 is 2.05 bits per heavy atom. The highest BCUT2D eigenvalue weighted by Crippen LogP contribution is 2.41. The Bertz CT molecular complexity index is 295. The third-order valence-electron chi connectivity index (χ3n) is 4.25. The monoisotopic (exact) mass is 264 g/mol. The van der Waals surface area contributed by atoms with E-state index in [9.17, 15) is 0 Å². The molecule has 0 aromatic heterocycles. The molecule has 19 heavy (non-hydrogen) atoms. The number of unbranched alkanes of at least 4 members (excludes halogenated alkanes) is 1. The molecule has 2 rings (SSSR count). The van der Waals surface area contributed by atoms with Gasteiger partial charge in [0.2, 0.25) is 0 Å². The number of allylic oxidation sites excluding steroid dienone is 3. The molecule has 1 N–H and O–H groups in total. The second-order valence-electron chi connectivity index (χ2n) is 6.74. The van der Waals surface area contributed by atoms with E-state index in [2.05, 4.69) is 26.0 Å². The van der Waals surface area contributed by atoms with Gasteiger partial charge in [0.15, 0.2) is 0 Å². The van der Waals surface area contributed by atoms with Crippen molar-refractivity contribution < 1.29 is 5.11 Å². The van der Waals surface area contributed by atoms with Gasteiger partial charge < -0.3 is 5.11 Å². The number of fused-ring (bicyclic) bond motifs is 1. The molecule has 0 saturated heterocycles. The third-order valence-corrected chi connectivity index (χ3v) is 4.25. The van der Waals surface area contributed by atoms with Crippen molar-refractivity contribution in [2.24, 2.45) is 17.8 Å². The third kappa shape index (κ3) is 6.42. The lowest BCUT2D eigenvalue weighted by Crippen LogP contribution is -2.21. The maximum absolute atomic E-state index is 9.16. The minimum atomic E-state index is -0.630. The highest BCUT2D eigenvalue weighted by Gasteiger charge is 2.30. The molecule has 0 heterocycles. The molecule has 0 bridgehead atoms. The van der Waals surface area contributed by atoms with Crippen LogP contribution in [-0.2, 0) is 0 Å². The first-order valence-corrected chi connectivity index (χ1v) is 8.00. The molecule has 0 aromatic carbocycles. The average Bonchev–Trinajstić information content (AvgIpc) is 2.78. The molecule has 0 amide bonds. The summed E-state index contributed by atoms with van der Waals surface area (Å²) in [6.45, 7) is 8.09. The Hall–Kier alpha value is -0.560. The van der Waals surface area contributed by atoms with Crippen molar-refractivity contribution in [2.45, 2.75) is 71.8 Å². The molecular formula is C18H32O. The van der Waals surface area contributed by atoms with Crippen LogP contribution in [0.3, 0.4) is 0 Å². The summed E-state index contributed by atoms with van der Waals surface area (Å²) in [6.07, 6.45) is 16.7. The standard InChI is InChI=1S/C10H16.C8H16O/c1-8-4-2-5-9-6-3-7-10(8)9;1-4-5-6-7-8(2,3)9/h3,6,8-10H,2,4-5,7H2,1H3;6-7,9H,4-5H2,1-3H3. The predicted octanol–water partition coefficient (Wildman–Crippen LogP) is 5.11. The van der Waals surface area contributed by atoms with Gasteiger partial charge in [-0.2, -0.15) is 0 Å². The van der Waals surface area contributed by atoms with Crippen LogP contribution in [0.1, 0.15) is 66.2 Å². The molecule has 0 aliphatic heterocycles. The molecule has 1 fully saturated rings. The van der Waals surface area contributed by atoms with Crippen molar-refractivity contribution in [3.8, 4) is 0 Å². The van der Waals surface area contributed by atoms with Gasteiger partial charge in [-0.15, -0.1) is 0 Å². The first kappa shape index (κ1) is 16.5. The fourth-order valence-electron chi connectivity index (χ4n) is 3.12. The van der Waals surface area contributed by atoms with E-state index in [-0.39, 0.29) is 0 Å². The first-order valence-electron chi connectivity index (χ1n) is 8.00. The van der Waals surface area contributed by atoms with Crippen molar-refractivity contribution in [1.29, 1.82) is 0 Å². The Morgan fingerprint density at radius 1 is 1.32 bits per heavy atom. The minimum Gasteiger partial charge on any atom is -0.386 e. The summed E-state index contributed by atoms with van der Waals surface area (Å²) >= 11 is 0. The van der Waals surface area contributed by atoms with Crippen LogP contribution in [-0.4, -0.2) is 10.7 Å². The van der Waals surface area contributed by atoms with Crippen molar-refractivity contribution in [3.05, 3.63) is 24.3 Å². The molecule has 0 spiro atoms. The lowest BCUT2D eigenvalue weighted by Gasteiger charge is -2.30. The number of rotatable bonds is 3. The first-order chi connectivity index (χ1) is 8.94. The number of hydrogen-bond donors (Lipinski definition) is 1. The molecular weight excluding hydrogens is 232 g/mol. The summed E-state index contributed by atoms with van der Waals surface area (Å²) in [6, 6.07) is 0. The summed E-state index contributed by atoms with van der Waals surface area (Å²) in [7, 11) is 0. The zero-order valence-corrected chi connectivity index (χ0v) is 13.2. The quantitative estimate of drug-likeness (QED) is 0.702. The van der Waals surface area contributed by atoms with Crippen LogP contribution in [0.15, 0.2) is 24.3 Å². The predicted molar refractivity (Wildman–Crippen MR) is 84.1 cm³/mol. The zero-order chi connectivity index (χ0) is 14.3. The maximum atomic E-state index is 9.16. The molecule has 3 atom stereocenters. The normalized spacial score (nSPS) is 30.1. The Morgan fingerprint density at radius 3 is 2.63 bits per heavy atom. The summed E-state index contributed by atoms with van der Waals surface area (Å²) in [5.41, 5.74) is -0.630. The van der Waals surface area contributed by atoms with Crippen molar-refractivity contribution in [1.82, 2.24) is 0 Å². The van der Waals surface area contributed by atoms with Gasteiger partial charge in [0, 0.05) is 0 Å². The van der Waals surface area contributed by atoms with E-state index < -0.39 is 5.60 Å². The van der Waals surface area contributed by atoms with E-state index in [1.54, 1.807) is 13.8 Å². The van der Waals surface area contributed by atoms with Gasteiger partial charge in [-0.1, -0.05) is 57.4 Å². The molecule has 2 aliphatic carbocycles. The van der Waals surface area contributed by atoms with Crippen molar-refractivity contribution in [2.75, 3.05) is 0 Å². The Balaban J connectivity index is 0.000000192. The molecule has 1 nitrogen and oxygen atoms in total. The fourth-order valence-corrected chi connectivity index (χ4v) is 3.12. The molecule has 1 heteroatoms. The van der Waals surface area contributed by atoms with Gasteiger partial charge in [-0.05, 0) is 50.9 Å². The van der Waals surface area contributed by atoms with Gasteiger partial charge in [0.1, 0.15) is 0 Å². The fraction of sp³-hybridized carbons (Fsp3) is 0.778. The van der Waals surface area contributed by atoms with Crippen molar-refractivity contribution in [3.63, 3.8) is 0 Å². The second kappa shape index (κ2) is 7.89. The van der Waals surface area contributed by atoms with Crippen LogP contribution in [0.25, 0.3) is 0 Å². The van der Waals surface area contributed by atoms with E-state index in [0.717, 1.165) is 30.6 Å². The molecule has 2 aliphatic rings. The number of aliphatic hydroxyl groups is 1. The summed E-state index contributed by atoms with van der Waals surface area (Å²) in [5, 5.41) is 9.16. The van der Waals surface area contributed by atoms with E-state index in [1.807, 2.05) is 12.2 Å². The summed E-state index contributed by atoms with van der Waals surface area (Å²) in [4.78, 5) is 0. The van der Waals surface area contributed by atoms with Crippen LogP contribution < -0.4 is 0 Å². The lowest BCUT2D eigenvalue weighted by atomic mass is 9.74. The molecule has 0 radical (unpaired) electrons. The zero-order valence-electron chi connectivity index (χ0n) is 13.2. The van der Waals surface area contributed by atoms with Gasteiger partial charge in [0.25, 0.3) is 0 Å². The minimum absolute atomic E-state index is 0.630. The summed E-state index contributed by atoms with van der Waals surface area (Å²) in [5.74, 6) is 2.98. The van der Waals surface area contributed by atoms with E-state index in [1.165, 1.54) is 25.7 Å². The topological polar surface area (TPSA) is 20.2 Å². The molecule has 1 saturated carbocycles. The lowest BCUT2D eigenvalue weighted by molar-refractivity contribution is 0.133. The van der Waals surface area contributed by atoms with Gasteiger partial charge >= 0.3 is 0 Å². The van der Waals surface area contributed by atoms with E-state index >= 15 is 0 Å². The second-order valence-corrected chi connectivity index (χ2v) is 6.74. The maximum Gasteiger partial charge on any atom is 0.0771 e. The van der Waals surface area contributed by atoms with Gasteiger partial charge in [-0.25, -0.2) is 0 Å². The Kier molecular flexibility index (Phi) is 6.85. The van der Waals surface area contributed by atoms with Crippen LogP contribution in [0, 0.1) is 17.8 Å². The Labute approximate surface area is 119 Å². The largest absolute Gasteiger partial charge is 0.386 e. The number of hydrogen-bond acceptors (Lipinski definition) is 1. The molecule has 110 valence electrons. The van der Waals surface area contributed by atoms with Crippen LogP contribution in [0.4, 0.5) is 0 Å². The van der Waals surface area contributed by atoms with Crippen LogP contribution in [0.5, 0.6) is 0 Å². The SMILES string of the molecule is CC1CCCC2C=CCC12.CCCC=CC(C)(C)O. The van der Waals surface area contributed by atoms with Crippen LogP contribution >= 0.6 is 0 Å². The average molecular weight is 264 g/mol. The van der Waals surface area contributed by atoms with E-state index in [0.29, 0.717) is 0 Å². The van der Waals surface area contributed by atoms with Crippen molar-refractivity contribution >= 4 is 0 Å². The smallest absolute Gasteiger partial charge is 0.0771 e. The van der Waals surface area contributed by atoms with Crippen LogP contribution in [0.2, 0.25) is 0 Å². The van der Waals surface area contributed by atoms with E-state index in [4.69, 9.17) is 5.11 Å². The summed E-state index contributed by atoms with van der Waals surface area (Å²) < 4.78 is 0. The molecule has 3 unspecified atom stereocenters. The molecule has 0 aromatic rings.